The van der Waals surface area contributed by atoms with Crippen LogP contribution in [0, 0.1) is 0 Å². The molecule has 1 aliphatic heterocycles. The average Bonchev–Trinajstić information content (AvgIpc) is 3.38. The molecule has 0 unspecified atom stereocenters. The normalized spacial score (nSPS) is 13.8. The summed E-state index contributed by atoms with van der Waals surface area (Å²) in [5.74, 6) is 0. The van der Waals surface area contributed by atoms with Gasteiger partial charge in [0, 0.05) is 43.7 Å². The lowest BCUT2D eigenvalue weighted by Gasteiger charge is -2.28. The van der Waals surface area contributed by atoms with E-state index < -0.39 is 0 Å². The zero-order valence-electron chi connectivity index (χ0n) is 18.6. The van der Waals surface area contributed by atoms with Crippen molar-refractivity contribution < 1.29 is 4.74 Å². The van der Waals surface area contributed by atoms with E-state index in [0.29, 0.717) is 0 Å². The molecular weight excluding hydrogens is 474 g/mol. The summed E-state index contributed by atoms with van der Waals surface area (Å²) < 4.78 is 9.38. The summed E-state index contributed by atoms with van der Waals surface area (Å²) in [6, 6.07) is 19.0. The Kier molecular flexibility index (Phi) is 10.5. The first kappa shape index (κ1) is 25.5. The zero-order valence-corrected chi connectivity index (χ0v) is 21.0. The molecule has 1 aliphatic rings. The van der Waals surface area contributed by atoms with Crippen LogP contribution in [0.15, 0.2) is 60.0 Å². The Balaban J connectivity index is 0.00000306. The van der Waals surface area contributed by atoms with Crippen molar-refractivity contribution in [3.05, 3.63) is 71.1 Å². The van der Waals surface area contributed by atoms with Crippen molar-refractivity contribution in [1.82, 2.24) is 24.7 Å². The van der Waals surface area contributed by atoms with Gasteiger partial charge in [-0.05, 0) is 47.8 Å². The van der Waals surface area contributed by atoms with Crippen LogP contribution >= 0.6 is 36.2 Å². The lowest BCUT2D eigenvalue weighted by atomic mass is 10.1. The molecule has 1 aromatic heterocycles. The van der Waals surface area contributed by atoms with E-state index in [1.807, 2.05) is 11.4 Å². The predicted octanol–water partition coefficient (Wildman–Crippen LogP) is 4.23. The first-order valence-corrected chi connectivity index (χ1v) is 12.3. The van der Waals surface area contributed by atoms with E-state index in [1.54, 1.807) is 0 Å². The van der Waals surface area contributed by atoms with E-state index in [-0.39, 0.29) is 12.4 Å². The molecule has 33 heavy (non-hydrogen) atoms. The first-order chi connectivity index (χ1) is 15.8. The van der Waals surface area contributed by atoms with E-state index in [9.17, 15) is 0 Å². The van der Waals surface area contributed by atoms with Crippen molar-refractivity contribution in [2.45, 2.75) is 19.5 Å². The van der Waals surface area contributed by atoms with Crippen molar-refractivity contribution >= 4 is 41.3 Å². The highest BCUT2D eigenvalue weighted by Gasteiger charge is 2.13. The Morgan fingerprint density at radius 1 is 1.03 bits per heavy atom. The number of nitrogens with zero attached hydrogens (tertiary/aromatic N) is 4. The number of hydrogen-bond acceptors (Lipinski definition) is 6. The van der Waals surface area contributed by atoms with E-state index >= 15 is 0 Å². The van der Waals surface area contributed by atoms with E-state index in [2.05, 4.69) is 73.2 Å². The van der Waals surface area contributed by atoms with E-state index in [4.69, 9.17) is 17.0 Å². The molecule has 6 nitrogen and oxygen atoms in total. The molecule has 0 amide bonds. The number of thiocarbonyl (C=S) groups is 1. The highest BCUT2D eigenvalue weighted by atomic mass is 35.5. The molecule has 0 bridgehead atoms. The van der Waals surface area contributed by atoms with Gasteiger partial charge in [-0.15, -0.1) is 17.5 Å². The number of halogens is 1. The molecule has 2 aromatic carbocycles. The Morgan fingerprint density at radius 2 is 1.73 bits per heavy atom. The number of rotatable bonds is 9. The van der Waals surface area contributed by atoms with E-state index in [0.717, 1.165) is 75.3 Å². The summed E-state index contributed by atoms with van der Waals surface area (Å²) in [7, 11) is 0. The molecule has 176 valence electrons. The maximum Gasteiger partial charge on any atom is 0.169 e. The van der Waals surface area contributed by atoms with Crippen molar-refractivity contribution in [2.24, 2.45) is 0 Å². The monoisotopic (exact) mass is 503 g/mol. The minimum Gasteiger partial charge on any atom is -0.379 e. The molecule has 1 saturated heterocycles. The molecule has 0 aliphatic carbocycles. The molecule has 0 saturated carbocycles. The van der Waals surface area contributed by atoms with Gasteiger partial charge < -0.3 is 15.0 Å². The maximum absolute atomic E-state index is 5.80. The van der Waals surface area contributed by atoms with Gasteiger partial charge in [0.1, 0.15) is 5.69 Å². The minimum absolute atomic E-state index is 0. The van der Waals surface area contributed by atoms with Crippen molar-refractivity contribution in [2.75, 3.05) is 39.4 Å². The topological polar surface area (TPSA) is 53.5 Å². The lowest BCUT2D eigenvalue weighted by Crippen LogP contribution is -2.41. The Labute approximate surface area is 211 Å². The summed E-state index contributed by atoms with van der Waals surface area (Å²) in [6.07, 6.45) is 1.07. The van der Waals surface area contributed by atoms with Crippen molar-refractivity contribution in [1.29, 1.82) is 0 Å². The number of benzene rings is 2. The first-order valence-electron chi connectivity index (χ1n) is 11.0. The van der Waals surface area contributed by atoms with Gasteiger partial charge in [-0.1, -0.05) is 59.1 Å². The predicted molar refractivity (Wildman–Crippen MR) is 141 cm³/mol. The second-order valence-corrected chi connectivity index (χ2v) is 8.86. The number of nitrogens with one attached hydrogen (secondary N) is 1. The number of aromatic nitrogens is 2. The van der Waals surface area contributed by atoms with Gasteiger partial charge in [-0.2, -0.15) is 0 Å². The highest BCUT2D eigenvalue weighted by molar-refractivity contribution is 7.80. The van der Waals surface area contributed by atoms with Gasteiger partial charge in [0.2, 0.25) is 0 Å². The third kappa shape index (κ3) is 8.01. The van der Waals surface area contributed by atoms with Crippen molar-refractivity contribution in [3.8, 4) is 11.3 Å². The summed E-state index contributed by atoms with van der Waals surface area (Å²) in [5, 5.41) is 10.4. The van der Waals surface area contributed by atoms with Crippen LogP contribution in [-0.2, 0) is 17.8 Å². The van der Waals surface area contributed by atoms with Gasteiger partial charge in [0.25, 0.3) is 0 Å². The third-order valence-electron chi connectivity index (χ3n) is 5.52. The number of ether oxygens (including phenoxy) is 1. The lowest BCUT2D eigenvalue weighted by molar-refractivity contribution is 0.0376. The van der Waals surface area contributed by atoms with Crippen LogP contribution in [-0.4, -0.2) is 63.9 Å². The molecule has 1 fully saturated rings. The summed E-state index contributed by atoms with van der Waals surface area (Å²) in [4.78, 5) is 4.69. The fourth-order valence-electron chi connectivity index (χ4n) is 3.73. The van der Waals surface area contributed by atoms with Crippen LogP contribution in [0.1, 0.15) is 17.5 Å². The summed E-state index contributed by atoms with van der Waals surface area (Å²) in [5.41, 5.74) is 4.46. The van der Waals surface area contributed by atoms with Gasteiger partial charge >= 0.3 is 0 Å². The molecule has 3 aromatic rings. The van der Waals surface area contributed by atoms with Crippen LogP contribution in [0.5, 0.6) is 0 Å². The second kappa shape index (κ2) is 13.6. The van der Waals surface area contributed by atoms with Crippen LogP contribution in [0.25, 0.3) is 11.3 Å². The molecule has 0 radical (unpaired) electrons. The quantitative estimate of drug-likeness (QED) is 0.346. The van der Waals surface area contributed by atoms with Crippen LogP contribution < -0.4 is 5.32 Å². The summed E-state index contributed by atoms with van der Waals surface area (Å²) >= 11 is 7.17. The number of morpholine rings is 1. The molecule has 0 atom stereocenters. The second-order valence-electron chi connectivity index (χ2n) is 7.87. The average molecular weight is 504 g/mol. The van der Waals surface area contributed by atoms with Gasteiger partial charge in [-0.25, -0.2) is 0 Å². The minimum atomic E-state index is 0. The van der Waals surface area contributed by atoms with Crippen molar-refractivity contribution in [3.63, 3.8) is 0 Å². The maximum atomic E-state index is 5.80. The van der Waals surface area contributed by atoms with Gasteiger partial charge in [0.05, 0.1) is 13.2 Å². The standard InChI is InChI=1S/C24H29N5OS2.ClH/c31-24(25-11-4-12-28-13-15-30-16-14-28)29(17-20-5-2-1-3-6-20)18-21-7-9-22(10-8-21)23-19-32-27-26-23;/h1-3,5-10,19H,4,11-18H2,(H,25,31);1H. The fourth-order valence-corrected chi connectivity index (χ4v) is 4.43. The van der Waals surface area contributed by atoms with Crippen LogP contribution in [0.2, 0.25) is 0 Å². The zero-order chi connectivity index (χ0) is 22.0. The smallest absolute Gasteiger partial charge is 0.169 e. The molecule has 0 spiro atoms. The Bertz CT molecular complexity index is 951. The number of hydrogen-bond donors (Lipinski definition) is 1. The third-order valence-corrected chi connectivity index (χ3v) is 6.42. The van der Waals surface area contributed by atoms with E-state index in [1.165, 1.54) is 22.7 Å². The summed E-state index contributed by atoms with van der Waals surface area (Å²) in [6.45, 7) is 7.20. The molecule has 1 N–H and O–H groups in total. The van der Waals surface area contributed by atoms with Gasteiger partial charge in [-0.3, -0.25) is 4.90 Å². The fraction of sp³-hybridized carbons (Fsp3) is 0.375. The Hall–Kier alpha value is -2.10. The largest absolute Gasteiger partial charge is 0.379 e. The highest BCUT2D eigenvalue weighted by Crippen LogP contribution is 2.19. The Morgan fingerprint density at radius 3 is 2.39 bits per heavy atom. The molecule has 9 heteroatoms. The molecule has 4 rings (SSSR count). The van der Waals surface area contributed by atoms with Crippen LogP contribution in [0.4, 0.5) is 0 Å². The van der Waals surface area contributed by atoms with Crippen LogP contribution in [0.3, 0.4) is 0 Å². The molecule has 2 heterocycles. The molecular formula is C24H30ClN5OS2. The SMILES string of the molecule is Cl.S=C(NCCCN1CCOCC1)N(Cc1ccccc1)Cc1ccc(-c2csnn2)cc1. The van der Waals surface area contributed by atoms with Gasteiger partial charge in [0.15, 0.2) is 5.11 Å².